The lowest BCUT2D eigenvalue weighted by atomic mass is 10.2. The van der Waals surface area contributed by atoms with Crippen molar-refractivity contribution < 1.29 is 4.74 Å². The number of rotatable bonds is 1. The average molecular weight is 266 g/mol. The van der Waals surface area contributed by atoms with E-state index in [0.29, 0.717) is 6.61 Å². The zero-order chi connectivity index (χ0) is 10.9. The third-order valence-corrected chi connectivity index (χ3v) is 2.41. The van der Waals surface area contributed by atoms with Crippen molar-refractivity contribution in [1.82, 2.24) is 4.98 Å². The van der Waals surface area contributed by atoms with Gasteiger partial charge in [0.2, 0.25) is 5.90 Å². The van der Waals surface area contributed by atoms with Crippen LogP contribution in [0.25, 0.3) is 0 Å². The molecule has 0 saturated heterocycles. The van der Waals surface area contributed by atoms with Gasteiger partial charge in [-0.05, 0) is 12.1 Å². The van der Waals surface area contributed by atoms with Crippen LogP contribution in [-0.2, 0) is 4.74 Å². The fourth-order valence-corrected chi connectivity index (χ4v) is 1.56. The zero-order valence-electron chi connectivity index (χ0n) is 7.53. The van der Waals surface area contributed by atoms with E-state index < -0.39 is 3.79 Å². The minimum atomic E-state index is -1.59. The van der Waals surface area contributed by atoms with E-state index in [0.717, 1.165) is 5.69 Å². The second-order valence-electron chi connectivity index (χ2n) is 3.01. The molecule has 0 spiro atoms. The molecule has 1 aromatic rings. The SMILES string of the molecule is ClC(Cl)(Cl)C1=NC(c2ccccn2)CO1. The molecule has 0 fully saturated rings. The molecule has 0 N–H and O–H groups in total. The Labute approximate surface area is 102 Å². The Bertz CT molecular complexity index is 375. The molecule has 0 aromatic carbocycles. The molecule has 1 atom stereocenters. The average Bonchev–Trinajstić information content (AvgIpc) is 2.67. The maximum Gasteiger partial charge on any atom is 0.266 e. The Morgan fingerprint density at radius 1 is 1.33 bits per heavy atom. The summed E-state index contributed by atoms with van der Waals surface area (Å²) in [4.78, 5) is 8.33. The van der Waals surface area contributed by atoms with Gasteiger partial charge in [-0.25, -0.2) is 4.99 Å². The largest absolute Gasteiger partial charge is 0.475 e. The van der Waals surface area contributed by atoms with Gasteiger partial charge in [0.1, 0.15) is 12.6 Å². The fraction of sp³-hybridized carbons (Fsp3) is 0.333. The molecule has 1 unspecified atom stereocenters. The molecule has 80 valence electrons. The quantitative estimate of drug-likeness (QED) is 0.732. The van der Waals surface area contributed by atoms with E-state index in [1.54, 1.807) is 6.20 Å². The highest BCUT2D eigenvalue weighted by molar-refractivity contribution is 6.76. The van der Waals surface area contributed by atoms with Gasteiger partial charge < -0.3 is 4.74 Å². The molecule has 2 heterocycles. The number of aromatic nitrogens is 1. The number of aliphatic imine (C=N–C) groups is 1. The molecule has 0 aliphatic carbocycles. The fourth-order valence-electron chi connectivity index (χ4n) is 1.25. The number of hydrogen-bond donors (Lipinski definition) is 0. The van der Waals surface area contributed by atoms with Gasteiger partial charge in [-0.1, -0.05) is 40.9 Å². The number of ether oxygens (including phenoxy) is 1. The smallest absolute Gasteiger partial charge is 0.266 e. The summed E-state index contributed by atoms with van der Waals surface area (Å²) in [6.45, 7) is 0.361. The van der Waals surface area contributed by atoms with Gasteiger partial charge in [0.05, 0.1) is 5.69 Å². The van der Waals surface area contributed by atoms with Gasteiger partial charge in [-0.15, -0.1) is 0 Å². The van der Waals surface area contributed by atoms with Crippen molar-refractivity contribution in [1.29, 1.82) is 0 Å². The number of halogens is 3. The van der Waals surface area contributed by atoms with Crippen molar-refractivity contribution in [3.05, 3.63) is 30.1 Å². The van der Waals surface area contributed by atoms with Gasteiger partial charge in [0.25, 0.3) is 3.79 Å². The van der Waals surface area contributed by atoms with E-state index >= 15 is 0 Å². The summed E-state index contributed by atoms with van der Waals surface area (Å²) in [6, 6.07) is 5.39. The molecule has 0 bridgehead atoms. The predicted octanol–water partition coefficient (Wildman–Crippen LogP) is 2.92. The summed E-state index contributed by atoms with van der Waals surface area (Å²) < 4.78 is 3.60. The molecule has 1 aliphatic rings. The van der Waals surface area contributed by atoms with Crippen molar-refractivity contribution in [2.45, 2.75) is 9.83 Å². The summed E-state index contributed by atoms with van der Waals surface area (Å²) in [5.74, 6) is 0.128. The summed E-state index contributed by atoms with van der Waals surface area (Å²) in [5.41, 5.74) is 0.807. The van der Waals surface area contributed by atoms with Gasteiger partial charge in [0.15, 0.2) is 0 Å². The van der Waals surface area contributed by atoms with Crippen LogP contribution in [0.2, 0.25) is 0 Å². The first kappa shape index (κ1) is 11.0. The highest BCUT2D eigenvalue weighted by atomic mass is 35.6. The summed E-state index contributed by atoms with van der Waals surface area (Å²) in [5, 5.41) is 0. The summed E-state index contributed by atoms with van der Waals surface area (Å²) in [7, 11) is 0. The third-order valence-electron chi connectivity index (χ3n) is 1.92. The number of alkyl halides is 3. The maximum atomic E-state index is 5.65. The maximum absolute atomic E-state index is 5.65. The number of pyridine rings is 1. The number of nitrogens with zero attached hydrogens (tertiary/aromatic N) is 2. The highest BCUT2D eigenvalue weighted by Crippen LogP contribution is 2.34. The molecule has 6 heteroatoms. The molecule has 1 aromatic heterocycles. The predicted molar refractivity (Wildman–Crippen MR) is 60.7 cm³/mol. The van der Waals surface area contributed by atoms with Crippen molar-refractivity contribution in [3.8, 4) is 0 Å². The lowest BCUT2D eigenvalue weighted by Crippen LogP contribution is -2.18. The molecule has 1 aliphatic heterocycles. The van der Waals surface area contributed by atoms with Gasteiger partial charge in [-0.3, -0.25) is 4.98 Å². The van der Waals surface area contributed by atoms with Crippen LogP contribution in [0.5, 0.6) is 0 Å². The highest BCUT2D eigenvalue weighted by Gasteiger charge is 2.35. The lowest BCUT2D eigenvalue weighted by molar-refractivity contribution is 0.312. The van der Waals surface area contributed by atoms with Crippen molar-refractivity contribution in [3.63, 3.8) is 0 Å². The van der Waals surface area contributed by atoms with Crippen molar-refractivity contribution in [2.24, 2.45) is 4.99 Å². The summed E-state index contributed by atoms with van der Waals surface area (Å²) >= 11 is 16.9. The van der Waals surface area contributed by atoms with Crippen LogP contribution < -0.4 is 0 Å². The third kappa shape index (κ3) is 2.54. The number of hydrogen-bond acceptors (Lipinski definition) is 3. The van der Waals surface area contributed by atoms with E-state index in [-0.39, 0.29) is 11.9 Å². The van der Waals surface area contributed by atoms with E-state index in [2.05, 4.69) is 9.98 Å². The van der Waals surface area contributed by atoms with E-state index in [4.69, 9.17) is 39.5 Å². The molecule has 3 nitrogen and oxygen atoms in total. The monoisotopic (exact) mass is 264 g/mol. The van der Waals surface area contributed by atoms with Crippen LogP contribution in [0, 0.1) is 0 Å². The molecule has 0 amide bonds. The van der Waals surface area contributed by atoms with E-state index in [9.17, 15) is 0 Å². The van der Waals surface area contributed by atoms with Gasteiger partial charge in [0, 0.05) is 6.20 Å². The van der Waals surface area contributed by atoms with E-state index in [1.807, 2.05) is 18.2 Å². The Balaban J connectivity index is 2.20. The first-order chi connectivity index (χ1) is 7.07. The first-order valence-corrected chi connectivity index (χ1v) is 5.39. The van der Waals surface area contributed by atoms with Gasteiger partial charge >= 0.3 is 0 Å². The van der Waals surface area contributed by atoms with Crippen LogP contribution in [0.4, 0.5) is 0 Å². The van der Waals surface area contributed by atoms with Crippen molar-refractivity contribution >= 4 is 40.7 Å². The van der Waals surface area contributed by atoms with Crippen LogP contribution in [0.1, 0.15) is 11.7 Å². The minimum absolute atomic E-state index is 0.128. The zero-order valence-corrected chi connectivity index (χ0v) is 9.80. The van der Waals surface area contributed by atoms with E-state index in [1.165, 1.54) is 0 Å². The molecular weight excluding hydrogens is 258 g/mol. The van der Waals surface area contributed by atoms with Gasteiger partial charge in [-0.2, -0.15) is 0 Å². The van der Waals surface area contributed by atoms with Crippen LogP contribution in [-0.4, -0.2) is 21.3 Å². The van der Waals surface area contributed by atoms with Crippen molar-refractivity contribution in [2.75, 3.05) is 6.61 Å². The Hall–Kier alpha value is -0.510. The molecule has 0 saturated carbocycles. The second-order valence-corrected chi connectivity index (χ2v) is 5.29. The second kappa shape index (κ2) is 4.16. The van der Waals surface area contributed by atoms with Crippen LogP contribution in [0.3, 0.4) is 0 Å². The standard InChI is InChI=1S/C9H7Cl3N2O/c10-9(11,12)8-14-7(5-15-8)6-3-1-2-4-13-6/h1-4,7H,5H2. The molecule has 2 rings (SSSR count). The summed E-state index contributed by atoms with van der Waals surface area (Å²) in [6.07, 6.45) is 1.69. The molecule has 0 radical (unpaired) electrons. The Morgan fingerprint density at radius 3 is 2.67 bits per heavy atom. The molecule has 15 heavy (non-hydrogen) atoms. The Morgan fingerprint density at radius 2 is 2.13 bits per heavy atom. The first-order valence-electron chi connectivity index (χ1n) is 4.26. The Kier molecular flexibility index (Phi) is 3.05. The van der Waals surface area contributed by atoms with Crippen LogP contribution in [0.15, 0.2) is 29.4 Å². The van der Waals surface area contributed by atoms with Crippen LogP contribution >= 0.6 is 34.8 Å². The lowest BCUT2D eigenvalue weighted by Gasteiger charge is -2.08. The minimum Gasteiger partial charge on any atom is -0.475 e. The molecular formula is C9H7Cl3N2O. The topological polar surface area (TPSA) is 34.5 Å². The normalized spacial score (nSPS) is 21.0.